The van der Waals surface area contributed by atoms with Crippen LogP contribution in [0.1, 0.15) is 29.6 Å². The summed E-state index contributed by atoms with van der Waals surface area (Å²) in [6, 6.07) is 5.05. The zero-order valence-corrected chi connectivity index (χ0v) is 14.5. The standard InChI is InChI=1S/C14H16BrClN2O2S/c15-9-4-5-12(16)11(7-9)13(20)17-14(21)18-6-2-1-3-10(18)8-19/h4-5,7,10,19H,1-3,6,8H2,(H,17,20,21)/t10-/m0/s1. The molecule has 1 aromatic carbocycles. The number of rotatable bonds is 2. The maximum absolute atomic E-state index is 12.3. The van der Waals surface area contributed by atoms with Crippen molar-refractivity contribution in [3.8, 4) is 0 Å². The number of carbonyl (C=O) groups is 1. The minimum absolute atomic E-state index is 0.0236. The molecule has 0 saturated carbocycles. The van der Waals surface area contributed by atoms with Crippen LogP contribution in [0.25, 0.3) is 0 Å². The fourth-order valence-electron chi connectivity index (χ4n) is 2.37. The summed E-state index contributed by atoms with van der Waals surface area (Å²) in [5.74, 6) is -0.339. The molecule has 1 heterocycles. The number of hydrogen-bond acceptors (Lipinski definition) is 3. The van der Waals surface area contributed by atoms with E-state index in [-0.39, 0.29) is 18.6 Å². The van der Waals surface area contributed by atoms with Crippen LogP contribution in [0.2, 0.25) is 5.02 Å². The molecule has 1 amide bonds. The Morgan fingerprint density at radius 2 is 2.29 bits per heavy atom. The van der Waals surface area contributed by atoms with E-state index in [1.807, 2.05) is 4.90 Å². The third-order valence-electron chi connectivity index (χ3n) is 3.49. The maximum Gasteiger partial charge on any atom is 0.258 e. The second kappa shape index (κ2) is 7.54. The third kappa shape index (κ3) is 4.16. The smallest absolute Gasteiger partial charge is 0.258 e. The molecule has 2 N–H and O–H groups in total. The first kappa shape index (κ1) is 16.7. The predicted molar refractivity (Wildman–Crippen MR) is 90.6 cm³/mol. The van der Waals surface area contributed by atoms with Crippen molar-refractivity contribution in [3.05, 3.63) is 33.3 Å². The molecule has 1 aromatic rings. The Labute approximate surface area is 142 Å². The van der Waals surface area contributed by atoms with Crippen LogP contribution in [0.4, 0.5) is 0 Å². The molecular weight excluding hydrogens is 376 g/mol. The van der Waals surface area contributed by atoms with Gasteiger partial charge in [0.05, 0.1) is 23.2 Å². The minimum Gasteiger partial charge on any atom is -0.394 e. The zero-order chi connectivity index (χ0) is 15.4. The van der Waals surface area contributed by atoms with Gasteiger partial charge in [-0.05, 0) is 49.7 Å². The number of nitrogens with one attached hydrogen (secondary N) is 1. The third-order valence-corrected chi connectivity index (χ3v) is 4.65. The average Bonchev–Trinajstić information content (AvgIpc) is 2.49. The molecular formula is C14H16BrClN2O2S. The van der Waals surface area contributed by atoms with E-state index in [4.69, 9.17) is 23.8 Å². The first-order valence-corrected chi connectivity index (χ1v) is 8.28. The molecule has 2 rings (SSSR count). The van der Waals surface area contributed by atoms with E-state index in [0.717, 1.165) is 30.3 Å². The number of halogens is 2. The highest BCUT2D eigenvalue weighted by molar-refractivity contribution is 9.10. The number of likely N-dealkylation sites (tertiary alicyclic amines) is 1. The molecule has 114 valence electrons. The van der Waals surface area contributed by atoms with Crippen molar-refractivity contribution in [2.24, 2.45) is 0 Å². The van der Waals surface area contributed by atoms with Crippen LogP contribution < -0.4 is 5.32 Å². The molecule has 7 heteroatoms. The molecule has 1 saturated heterocycles. The van der Waals surface area contributed by atoms with E-state index in [9.17, 15) is 9.90 Å². The number of thiocarbonyl (C=S) groups is 1. The summed E-state index contributed by atoms with van der Waals surface area (Å²) >= 11 is 14.6. The van der Waals surface area contributed by atoms with Crippen molar-refractivity contribution in [1.82, 2.24) is 10.2 Å². The minimum atomic E-state index is -0.339. The summed E-state index contributed by atoms with van der Waals surface area (Å²) in [7, 11) is 0. The van der Waals surface area contributed by atoms with Crippen LogP contribution in [0.15, 0.2) is 22.7 Å². The van der Waals surface area contributed by atoms with Crippen molar-refractivity contribution in [2.45, 2.75) is 25.3 Å². The molecule has 1 fully saturated rings. The summed E-state index contributed by atoms with van der Waals surface area (Å²) in [5.41, 5.74) is 0.367. The molecule has 1 aliphatic heterocycles. The molecule has 4 nitrogen and oxygen atoms in total. The predicted octanol–water partition coefficient (Wildman–Crippen LogP) is 2.96. The summed E-state index contributed by atoms with van der Waals surface area (Å²) in [6.07, 6.45) is 2.95. The normalized spacial score (nSPS) is 18.4. The van der Waals surface area contributed by atoms with Gasteiger partial charge in [0.15, 0.2) is 5.11 Å². The Kier molecular flexibility index (Phi) is 5.98. The zero-order valence-electron chi connectivity index (χ0n) is 11.3. The van der Waals surface area contributed by atoms with Crippen LogP contribution in [-0.2, 0) is 0 Å². The van der Waals surface area contributed by atoms with Gasteiger partial charge in [-0.1, -0.05) is 27.5 Å². The lowest BCUT2D eigenvalue weighted by Gasteiger charge is -2.36. The van der Waals surface area contributed by atoms with Crippen molar-refractivity contribution in [2.75, 3.05) is 13.2 Å². The molecule has 21 heavy (non-hydrogen) atoms. The van der Waals surface area contributed by atoms with Crippen LogP contribution in [0.5, 0.6) is 0 Å². The topological polar surface area (TPSA) is 52.6 Å². The first-order valence-electron chi connectivity index (χ1n) is 6.71. The van der Waals surface area contributed by atoms with Gasteiger partial charge in [-0.15, -0.1) is 0 Å². The summed E-state index contributed by atoms with van der Waals surface area (Å²) in [6.45, 7) is 0.782. The Morgan fingerprint density at radius 3 is 3.00 bits per heavy atom. The Morgan fingerprint density at radius 1 is 1.52 bits per heavy atom. The monoisotopic (exact) mass is 390 g/mol. The van der Waals surface area contributed by atoms with E-state index < -0.39 is 0 Å². The number of piperidine rings is 1. The van der Waals surface area contributed by atoms with E-state index >= 15 is 0 Å². The molecule has 0 bridgehead atoms. The number of aliphatic hydroxyl groups excluding tert-OH is 1. The highest BCUT2D eigenvalue weighted by atomic mass is 79.9. The number of aliphatic hydroxyl groups is 1. The van der Waals surface area contributed by atoms with Gasteiger partial charge in [0.1, 0.15) is 0 Å². The van der Waals surface area contributed by atoms with Gasteiger partial charge in [-0.3, -0.25) is 10.1 Å². The average molecular weight is 392 g/mol. The SMILES string of the molecule is O=C(NC(=S)N1CCCC[C@H]1CO)c1cc(Br)ccc1Cl. The number of nitrogens with zero attached hydrogens (tertiary/aromatic N) is 1. The van der Waals surface area contributed by atoms with Gasteiger partial charge in [-0.2, -0.15) is 0 Å². The number of carbonyl (C=O) groups excluding carboxylic acids is 1. The van der Waals surface area contributed by atoms with Gasteiger partial charge in [0, 0.05) is 11.0 Å². The van der Waals surface area contributed by atoms with Gasteiger partial charge in [0.25, 0.3) is 5.91 Å². The Balaban J connectivity index is 2.08. The van der Waals surface area contributed by atoms with Crippen molar-refractivity contribution < 1.29 is 9.90 Å². The van der Waals surface area contributed by atoms with Crippen LogP contribution in [-0.4, -0.2) is 40.2 Å². The Bertz CT molecular complexity index is 556. The number of hydrogen-bond donors (Lipinski definition) is 2. The van der Waals surface area contributed by atoms with E-state index in [0.29, 0.717) is 15.7 Å². The fraction of sp³-hybridized carbons (Fsp3) is 0.429. The lowest BCUT2D eigenvalue weighted by Crippen LogP contribution is -2.51. The van der Waals surface area contributed by atoms with Gasteiger partial charge >= 0.3 is 0 Å². The Hall–Kier alpha value is -0.690. The van der Waals surface area contributed by atoms with Crippen LogP contribution >= 0.6 is 39.7 Å². The molecule has 0 spiro atoms. The lowest BCUT2D eigenvalue weighted by atomic mass is 10.0. The van der Waals surface area contributed by atoms with Crippen molar-refractivity contribution in [3.63, 3.8) is 0 Å². The van der Waals surface area contributed by atoms with Crippen LogP contribution in [0, 0.1) is 0 Å². The maximum atomic E-state index is 12.3. The van der Waals surface area contributed by atoms with E-state index in [1.54, 1.807) is 18.2 Å². The summed E-state index contributed by atoms with van der Waals surface area (Å²) < 4.78 is 0.772. The van der Waals surface area contributed by atoms with Crippen molar-refractivity contribution >= 4 is 50.8 Å². The van der Waals surface area contributed by atoms with Crippen LogP contribution in [0.3, 0.4) is 0 Å². The fourth-order valence-corrected chi connectivity index (χ4v) is 3.26. The van der Waals surface area contributed by atoms with E-state index in [1.165, 1.54) is 0 Å². The van der Waals surface area contributed by atoms with Gasteiger partial charge < -0.3 is 10.0 Å². The summed E-state index contributed by atoms with van der Waals surface area (Å²) in [5, 5.41) is 12.8. The highest BCUT2D eigenvalue weighted by Crippen LogP contribution is 2.21. The number of amides is 1. The molecule has 1 atom stereocenters. The molecule has 0 unspecified atom stereocenters. The van der Waals surface area contributed by atoms with Crippen molar-refractivity contribution in [1.29, 1.82) is 0 Å². The largest absolute Gasteiger partial charge is 0.394 e. The first-order chi connectivity index (χ1) is 10.0. The second-order valence-electron chi connectivity index (χ2n) is 4.91. The van der Waals surface area contributed by atoms with Gasteiger partial charge in [-0.25, -0.2) is 0 Å². The molecule has 0 radical (unpaired) electrons. The second-order valence-corrected chi connectivity index (χ2v) is 6.62. The number of benzene rings is 1. The summed E-state index contributed by atoms with van der Waals surface area (Å²) in [4.78, 5) is 14.2. The van der Waals surface area contributed by atoms with Gasteiger partial charge in [0.2, 0.25) is 0 Å². The molecule has 1 aliphatic rings. The van der Waals surface area contributed by atoms with E-state index in [2.05, 4.69) is 21.2 Å². The molecule has 0 aromatic heterocycles. The quantitative estimate of drug-likeness (QED) is 0.761. The highest BCUT2D eigenvalue weighted by Gasteiger charge is 2.25. The lowest BCUT2D eigenvalue weighted by molar-refractivity contribution is 0.0962. The molecule has 0 aliphatic carbocycles.